The van der Waals surface area contributed by atoms with Crippen LogP contribution in [0.2, 0.25) is 0 Å². The second kappa shape index (κ2) is 6.69. The Kier molecular flexibility index (Phi) is 5.53. The Morgan fingerprint density at radius 1 is 1.25 bits per heavy atom. The number of benzene rings is 1. The van der Waals surface area contributed by atoms with Gasteiger partial charge < -0.3 is 5.32 Å². The topological polar surface area (TPSA) is 29.1 Å². The van der Waals surface area contributed by atoms with Crippen LogP contribution in [0.1, 0.15) is 32.3 Å². The Labute approximate surface area is 101 Å². The van der Waals surface area contributed by atoms with Crippen molar-refractivity contribution in [2.24, 2.45) is 0 Å². The van der Waals surface area contributed by atoms with Crippen LogP contribution in [-0.4, -0.2) is 16.5 Å². The average molecular weight is 239 g/mol. The highest BCUT2D eigenvalue weighted by Gasteiger charge is 2.07. The van der Waals surface area contributed by atoms with E-state index in [1.165, 1.54) is 0 Å². The van der Waals surface area contributed by atoms with Gasteiger partial charge in [-0.05, 0) is 24.5 Å². The molecule has 0 fully saturated rings. The molecule has 0 aliphatic heterocycles. The smallest absolute Gasteiger partial charge is 0.0503 e. The molecular weight excluding hydrogens is 218 g/mol. The van der Waals surface area contributed by atoms with E-state index in [-0.39, 0.29) is 0 Å². The van der Waals surface area contributed by atoms with E-state index < -0.39 is 10.8 Å². The molecule has 0 spiro atoms. The zero-order chi connectivity index (χ0) is 12.0. The molecule has 0 saturated carbocycles. The van der Waals surface area contributed by atoms with E-state index in [0.717, 1.165) is 24.1 Å². The lowest BCUT2D eigenvalue weighted by Gasteiger charge is -2.18. The first kappa shape index (κ1) is 13.2. The van der Waals surface area contributed by atoms with Crippen LogP contribution < -0.4 is 5.32 Å². The first-order valence-corrected chi connectivity index (χ1v) is 7.54. The molecular formula is C13H21NOS. The van der Waals surface area contributed by atoms with Crippen molar-refractivity contribution in [2.45, 2.75) is 38.5 Å². The SMILES string of the molecule is CCC(CC)Nc1ccccc1CS(C)=O. The monoisotopic (exact) mass is 239 g/mol. The maximum absolute atomic E-state index is 11.3. The van der Waals surface area contributed by atoms with Gasteiger partial charge in [0.25, 0.3) is 0 Å². The minimum absolute atomic E-state index is 0.506. The standard InChI is InChI=1S/C13H21NOS/c1-4-12(5-2)14-13-9-7-6-8-11(13)10-16(3)15/h6-9,12,14H,4-5,10H2,1-3H3. The minimum Gasteiger partial charge on any atom is -0.382 e. The van der Waals surface area contributed by atoms with E-state index in [2.05, 4.69) is 25.2 Å². The third-order valence-corrected chi connectivity index (χ3v) is 3.44. The Hall–Kier alpha value is -0.830. The van der Waals surface area contributed by atoms with Crippen LogP contribution in [0.25, 0.3) is 0 Å². The predicted octanol–water partition coefficient (Wildman–Crippen LogP) is 3.17. The summed E-state index contributed by atoms with van der Waals surface area (Å²) in [6.45, 7) is 4.36. The molecule has 0 aliphatic carbocycles. The van der Waals surface area contributed by atoms with Crippen molar-refractivity contribution >= 4 is 16.5 Å². The van der Waals surface area contributed by atoms with Crippen molar-refractivity contribution in [3.8, 4) is 0 Å². The second-order valence-corrected chi connectivity index (χ2v) is 5.47. The quantitative estimate of drug-likeness (QED) is 0.826. The van der Waals surface area contributed by atoms with Gasteiger partial charge in [0.1, 0.15) is 0 Å². The number of anilines is 1. The first-order chi connectivity index (χ1) is 7.67. The van der Waals surface area contributed by atoms with Gasteiger partial charge in [-0.2, -0.15) is 0 Å². The molecule has 1 N–H and O–H groups in total. The van der Waals surface area contributed by atoms with E-state index >= 15 is 0 Å². The zero-order valence-corrected chi connectivity index (χ0v) is 11.1. The number of rotatable bonds is 6. The largest absolute Gasteiger partial charge is 0.382 e. The molecule has 0 amide bonds. The molecule has 1 atom stereocenters. The molecule has 2 nitrogen and oxygen atoms in total. The van der Waals surface area contributed by atoms with Gasteiger partial charge in [0.15, 0.2) is 0 Å². The summed E-state index contributed by atoms with van der Waals surface area (Å²) in [6, 6.07) is 8.64. The first-order valence-electron chi connectivity index (χ1n) is 5.81. The molecule has 90 valence electrons. The van der Waals surface area contributed by atoms with Crippen molar-refractivity contribution in [1.29, 1.82) is 0 Å². The molecule has 3 heteroatoms. The van der Waals surface area contributed by atoms with E-state index in [9.17, 15) is 4.21 Å². The van der Waals surface area contributed by atoms with Crippen LogP contribution in [0, 0.1) is 0 Å². The highest BCUT2D eigenvalue weighted by molar-refractivity contribution is 7.83. The third-order valence-electron chi connectivity index (χ3n) is 2.72. The van der Waals surface area contributed by atoms with E-state index in [1.807, 2.05) is 18.2 Å². The zero-order valence-electron chi connectivity index (χ0n) is 10.3. The molecule has 1 rings (SSSR count). The summed E-state index contributed by atoms with van der Waals surface area (Å²) >= 11 is 0. The van der Waals surface area contributed by atoms with Gasteiger partial charge >= 0.3 is 0 Å². The van der Waals surface area contributed by atoms with Gasteiger partial charge in [-0.3, -0.25) is 4.21 Å². The molecule has 0 heterocycles. The lowest BCUT2D eigenvalue weighted by Crippen LogP contribution is -2.18. The van der Waals surface area contributed by atoms with Gasteiger partial charge in [0, 0.05) is 28.8 Å². The number of para-hydroxylation sites is 1. The fourth-order valence-corrected chi connectivity index (χ4v) is 2.41. The fraction of sp³-hybridized carbons (Fsp3) is 0.538. The minimum atomic E-state index is -0.786. The molecule has 0 saturated heterocycles. The third kappa shape index (κ3) is 3.97. The van der Waals surface area contributed by atoms with Crippen LogP contribution in [0.5, 0.6) is 0 Å². The van der Waals surface area contributed by atoms with Crippen molar-refractivity contribution in [3.05, 3.63) is 29.8 Å². The Balaban J connectivity index is 2.81. The summed E-state index contributed by atoms with van der Waals surface area (Å²) in [7, 11) is -0.786. The maximum Gasteiger partial charge on any atom is 0.0503 e. The highest BCUT2D eigenvalue weighted by Crippen LogP contribution is 2.19. The summed E-state index contributed by atoms with van der Waals surface area (Å²) in [5.74, 6) is 0.628. The highest BCUT2D eigenvalue weighted by atomic mass is 32.2. The Morgan fingerprint density at radius 2 is 1.88 bits per heavy atom. The van der Waals surface area contributed by atoms with Crippen molar-refractivity contribution in [1.82, 2.24) is 0 Å². The summed E-state index contributed by atoms with van der Waals surface area (Å²) in [4.78, 5) is 0. The van der Waals surface area contributed by atoms with Gasteiger partial charge in [0.05, 0.1) is 5.75 Å². The molecule has 0 aliphatic rings. The van der Waals surface area contributed by atoms with Crippen LogP contribution in [0.15, 0.2) is 24.3 Å². The summed E-state index contributed by atoms with van der Waals surface area (Å²) < 4.78 is 11.3. The fourth-order valence-electron chi connectivity index (χ4n) is 1.72. The van der Waals surface area contributed by atoms with Crippen molar-refractivity contribution < 1.29 is 4.21 Å². The van der Waals surface area contributed by atoms with Gasteiger partial charge in [-0.1, -0.05) is 32.0 Å². The maximum atomic E-state index is 11.3. The predicted molar refractivity (Wildman–Crippen MR) is 72.2 cm³/mol. The lowest BCUT2D eigenvalue weighted by atomic mass is 10.1. The second-order valence-electron chi connectivity index (χ2n) is 4.03. The molecule has 16 heavy (non-hydrogen) atoms. The number of hydrogen-bond donors (Lipinski definition) is 1. The summed E-state index contributed by atoms with van der Waals surface area (Å²) in [6.07, 6.45) is 3.97. The Bertz CT molecular complexity index is 348. The van der Waals surface area contributed by atoms with E-state index in [4.69, 9.17) is 0 Å². The van der Waals surface area contributed by atoms with Gasteiger partial charge in [-0.25, -0.2) is 0 Å². The molecule has 1 aromatic carbocycles. The van der Waals surface area contributed by atoms with Crippen molar-refractivity contribution in [3.63, 3.8) is 0 Å². The molecule has 1 unspecified atom stereocenters. The Morgan fingerprint density at radius 3 is 2.44 bits per heavy atom. The number of hydrogen-bond acceptors (Lipinski definition) is 2. The average Bonchev–Trinajstić information content (AvgIpc) is 2.27. The summed E-state index contributed by atoms with van der Waals surface area (Å²) in [5.41, 5.74) is 2.28. The van der Waals surface area contributed by atoms with E-state index in [1.54, 1.807) is 6.26 Å². The summed E-state index contributed by atoms with van der Waals surface area (Å²) in [5, 5.41) is 3.52. The van der Waals surface area contributed by atoms with Crippen molar-refractivity contribution in [2.75, 3.05) is 11.6 Å². The van der Waals surface area contributed by atoms with Crippen LogP contribution >= 0.6 is 0 Å². The van der Waals surface area contributed by atoms with Gasteiger partial charge in [0.2, 0.25) is 0 Å². The molecule has 1 aromatic rings. The van der Waals surface area contributed by atoms with Crippen LogP contribution in [-0.2, 0) is 16.6 Å². The lowest BCUT2D eigenvalue weighted by molar-refractivity contribution is 0.670. The van der Waals surface area contributed by atoms with Crippen LogP contribution in [0.4, 0.5) is 5.69 Å². The molecule has 0 bridgehead atoms. The van der Waals surface area contributed by atoms with Crippen LogP contribution in [0.3, 0.4) is 0 Å². The van der Waals surface area contributed by atoms with E-state index in [0.29, 0.717) is 11.8 Å². The number of nitrogens with one attached hydrogen (secondary N) is 1. The molecule has 0 aromatic heterocycles. The molecule has 0 radical (unpaired) electrons. The van der Waals surface area contributed by atoms with Gasteiger partial charge in [-0.15, -0.1) is 0 Å². The normalized spacial score (nSPS) is 12.8.